The van der Waals surface area contributed by atoms with Crippen LogP contribution in [-0.2, 0) is 9.53 Å². The molecular formula is C13H19NO4. The highest BCUT2D eigenvalue weighted by Crippen LogP contribution is 2.30. The van der Waals surface area contributed by atoms with Gasteiger partial charge in [-0.2, -0.15) is 0 Å². The topological polar surface area (TPSA) is 56.8 Å². The van der Waals surface area contributed by atoms with Crippen molar-refractivity contribution in [2.45, 2.75) is 13.0 Å². The minimum absolute atomic E-state index is 0.358. The number of methoxy groups -OCH3 is 3. The normalized spacial score (nSPS) is 11.8. The Bertz CT molecular complexity index is 406. The molecule has 1 atom stereocenters. The van der Waals surface area contributed by atoms with Gasteiger partial charge in [0.05, 0.1) is 21.3 Å². The second-order valence-corrected chi connectivity index (χ2v) is 3.62. The molecule has 5 heteroatoms. The number of carbonyl (C=O) groups is 1. The molecule has 1 aromatic carbocycles. The Hall–Kier alpha value is -1.75. The Morgan fingerprint density at radius 1 is 1.28 bits per heavy atom. The molecule has 0 fully saturated rings. The molecule has 1 N–H and O–H groups in total. The molecular weight excluding hydrogens is 234 g/mol. The molecule has 0 aliphatic rings. The highest BCUT2D eigenvalue weighted by atomic mass is 16.5. The number of ether oxygens (including phenoxy) is 3. The van der Waals surface area contributed by atoms with E-state index in [-0.39, 0.29) is 5.97 Å². The largest absolute Gasteiger partial charge is 0.497 e. The average Bonchev–Trinajstić information content (AvgIpc) is 2.43. The van der Waals surface area contributed by atoms with Gasteiger partial charge in [0.25, 0.3) is 0 Å². The zero-order valence-corrected chi connectivity index (χ0v) is 11.1. The lowest BCUT2D eigenvalue weighted by atomic mass is 10.1. The van der Waals surface area contributed by atoms with Gasteiger partial charge in [0.1, 0.15) is 17.5 Å². The standard InChI is InChI=1S/C13H19NO4/c1-5-14-12(13(15)18-4)10-8-9(16-2)6-7-11(10)17-3/h6-8,12,14H,5H2,1-4H3. The molecule has 0 amide bonds. The van der Waals surface area contributed by atoms with Crippen molar-refractivity contribution in [3.05, 3.63) is 23.8 Å². The molecule has 100 valence electrons. The van der Waals surface area contributed by atoms with Crippen molar-refractivity contribution in [2.24, 2.45) is 0 Å². The van der Waals surface area contributed by atoms with Crippen LogP contribution in [0.2, 0.25) is 0 Å². The van der Waals surface area contributed by atoms with E-state index in [0.717, 1.165) is 0 Å². The molecule has 1 aromatic rings. The molecule has 1 rings (SSSR count). The van der Waals surface area contributed by atoms with Crippen LogP contribution < -0.4 is 14.8 Å². The van der Waals surface area contributed by atoms with Crippen LogP contribution in [0.25, 0.3) is 0 Å². The monoisotopic (exact) mass is 253 g/mol. The fourth-order valence-electron chi connectivity index (χ4n) is 1.71. The zero-order chi connectivity index (χ0) is 13.5. The van der Waals surface area contributed by atoms with E-state index in [1.165, 1.54) is 7.11 Å². The molecule has 0 bridgehead atoms. The first-order valence-electron chi connectivity index (χ1n) is 5.71. The van der Waals surface area contributed by atoms with Crippen molar-refractivity contribution in [3.8, 4) is 11.5 Å². The van der Waals surface area contributed by atoms with Gasteiger partial charge in [-0.25, -0.2) is 4.79 Å². The van der Waals surface area contributed by atoms with Crippen LogP contribution in [0.3, 0.4) is 0 Å². The summed E-state index contributed by atoms with van der Waals surface area (Å²) in [7, 11) is 4.50. The molecule has 0 aliphatic carbocycles. The van der Waals surface area contributed by atoms with Crippen LogP contribution in [-0.4, -0.2) is 33.8 Å². The summed E-state index contributed by atoms with van der Waals surface area (Å²) in [6.45, 7) is 2.56. The number of benzene rings is 1. The van der Waals surface area contributed by atoms with Crippen molar-refractivity contribution in [2.75, 3.05) is 27.9 Å². The maximum Gasteiger partial charge on any atom is 0.327 e. The Kier molecular flexibility index (Phi) is 5.45. The van der Waals surface area contributed by atoms with Crippen molar-refractivity contribution in [3.63, 3.8) is 0 Å². The summed E-state index contributed by atoms with van der Waals surface area (Å²) in [6, 6.07) is 4.75. The number of likely N-dealkylation sites (N-methyl/N-ethyl adjacent to an activating group) is 1. The van der Waals surface area contributed by atoms with E-state index in [9.17, 15) is 4.79 Å². The van der Waals surface area contributed by atoms with Crippen LogP contribution in [0.4, 0.5) is 0 Å². The number of hydrogen-bond acceptors (Lipinski definition) is 5. The van der Waals surface area contributed by atoms with E-state index in [2.05, 4.69) is 5.32 Å². The molecule has 1 unspecified atom stereocenters. The maximum atomic E-state index is 11.8. The molecule has 5 nitrogen and oxygen atoms in total. The lowest BCUT2D eigenvalue weighted by Crippen LogP contribution is -2.29. The predicted octanol–water partition coefficient (Wildman–Crippen LogP) is 1.53. The first kappa shape index (κ1) is 14.3. The summed E-state index contributed by atoms with van der Waals surface area (Å²) in [5.74, 6) is 0.924. The van der Waals surface area contributed by atoms with Gasteiger partial charge in [0.15, 0.2) is 0 Å². The van der Waals surface area contributed by atoms with Crippen molar-refractivity contribution >= 4 is 5.97 Å². The molecule has 0 saturated carbocycles. The van der Waals surface area contributed by atoms with Gasteiger partial charge in [0.2, 0.25) is 0 Å². The van der Waals surface area contributed by atoms with Crippen molar-refractivity contribution in [1.29, 1.82) is 0 Å². The summed E-state index contributed by atoms with van der Waals surface area (Å²) in [5.41, 5.74) is 0.700. The molecule has 0 aromatic heterocycles. The second kappa shape index (κ2) is 6.86. The summed E-state index contributed by atoms with van der Waals surface area (Å²) in [6.07, 6.45) is 0. The van der Waals surface area contributed by atoms with E-state index < -0.39 is 6.04 Å². The molecule has 0 spiro atoms. The summed E-state index contributed by atoms with van der Waals surface area (Å²) in [4.78, 5) is 11.8. The highest BCUT2D eigenvalue weighted by Gasteiger charge is 2.24. The first-order valence-corrected chi connectivity index (χ1v) is 5.71. The fourth-order valence-corrected chi connectivity index (χ4v) is 1.71. The second-order valence-electron chi connectivity index (χ2n) is 3.62. The molecule has 18 heavy (non-hydrogen) atoms. The number of hydrogen-bond donors (Lipinski definition) is 1. The lowest BCUT2D eigenvalue weighted by molar-refractivity contribution is -0.143. The zero-order valence-electron chi connectivity index (χ0n) is 11.1. The van der Waals surface area contributed by atoms with E-state index >= 15 is 0 Å². The number of carbonyl (C=O) groups excluding carboxylic acids is 1. The molecule has 0 heterocycles. The van der Waals surface area contributed by atoms with Crippen molar-refractivity contribution < 1.29 is 19.0 Å². The number of nitrogens with one attached hydrogen (secondary N) is 1. The Balaban J connectivity index is 3.19. The van der Waals surface area contributed by atoms with Crippen LogP contribution in [0.1, 0.15) is 18.5 Å². The minimum Gasteiger partial charge on any atom is -0.497 e. The van der Waals surface area contributed by atoms with Gasteiger partial charge in [-0.1, -0.05) is 6.92 Å². The van der Waals surface area contributed by atoms with Crippen LogP contribution >= 0.6 is 0 Å². The van der Waals surface area contributed by atoms with Gasteiger partial charge in [-0.3, -0.25) is 0 Å². The van der Waals surface area contributed by atoms with Crippen LogP contribution in [0.15, 0.2) is 18.2 Å². The average molecular weight is 253 g/mol. The third kappa shape index (κ3) is 3.13. The summed E-state index contributed by atoms with van der Waals surface area (Å²) < 4.78 is 15.2. The van der Waals surface area contributed by atoms with E-state index in [4.69, 9.17) is 14.2 Å². The SMILES string of the molecule is CCNC(C(=O)OC)c1cc(OC)ccc1OC. The lowest BCUT2D eigenvalue weighted by Gasteiger charge is -2.19. The third-order valence-electron chi connectivity index (χ3n) is 2.59. The summed E-state index contributed by atoms with van der Waals surface area (Å²) >= 11 is 0. The van der Waals surface area contributed by atoms with E-state index in [1.54, 1.807) is 32.4 Å². The quantitative estimate of drug-likeness (QED) is 0.779. The smallest absolute Gasteiger partial charge is 0.327 e. The van der Waals surface area contributed by atoms with Crippen molar-refractivity contribution in [1.82, 2.24) is 5.32 Å². The minimum atomic E-state index is -0.565. The molecule has 0 saturated heterocycles. The Morgan fingerprint density at radius 3 is 2.50 bits per heavy atom. The fraction of sp³-hybridized carbons (Fsp3) is 0.462. The van der Waals surface area contributed by atoms with Gasteiger partial charge < -0.3 is 19.5 Å². The van der Waals surface area contributed by atoms with Gasteiger partial charge in [-0.05, 0) is 24.7 Å². The highest BCUT2D eigenvalue weighted by molar-refractivity contribution is 5.78. The third-order valence-corrected chi connectivity index (χ3v) is 2.59. The Labute approximate surface area is 107 Å². The predicted molar refractivity (Wildman–Crippen MR) is 68.0 cm³/mol. The van der Waals surface area contributed by atoms with Crippen LogP contribution in [0.5, 0.6) is 11.5 Å². The van der Waals surface area contributed by atoms with Gasteiger partial charge in [0, 0.05) is 5.56 Å². The number of esters is 1. The van der Waals surface area contributed by atoms with E-state index in [0.29, 0.717) is 23.6 Å². The molecule has 0 aliphatic heterocycles. The van der Waals surface area contributed by atoms with Gasteiger partial charge >= 0.3 is 5.97 Å². The van der Waals surface area contributed by atoms with E-state index in [1.807, 2.05) is 6.92 Å². The maximum absolute atomic E-state index is 11.8. The Morgan fingerprint density at radius 2 is 2.00 bits per heavy atom. The summed E-state index contributed by atoms with van der Waals surface area (Å²) in [5, 5.41) is 3.07. The number of rotatable bonds is 6. The molecule has 0 radical (unpaired) electrons. The first-order chi connectivity index (χ1) is 8.67. The van der Waals surface area contributed by atoms with Gasteiger partial charge in [-0.15, -0.1) is 0 Å². The van der Waals surface area contributed by atoms with Crippen LogP contribution in [0, 0.1) is 0 Å².